The lowest BCUT2D eigenvalue weighted by Gasteiger charge is -2.37. The Balaban J connectivity index is 1.21. The zero-order valence-electron chi connectivity index (χ0n) is 19.1. The summed E-state index contributed by atoms with van der Waals surface area (Å²) in [6, 6.07) is 10.8. The summed E-state index contributed by atoms with van der Waals surface area (Å²) in [5.41, 5.74) is 1.55. The van der Waals surface area contributed by atoms with E-state index in [9.17, 15) is 9.59 Å². The zero-order chi connectivity index (χ0) is 24.3. The summed E-state index contributed by atoms with van der Waals surface area (Å²) in [6.07, 6.45) is 6.91. The van der Waals surface area contributed by atoms with Crippen molar-refractivity contribution < 1.29 is 19.1 Å². The van der Waals surface area contributed by atoms with Gasteiger partial charge in [0.05, 0.1) is 29.7 Å². The molecule has 0 spiro atoms. The van der Waals surface area contributed by atoms with E-state index in [0.717, 1.165) is 17.0 Å². The molecule has 6 nitrogen and oxygen atoms in total. The summed E-state index contributed by atoms with van der Waals surface area (Å²) in [7, 11) is 0. The van der Waals surface area contributed by atoms with Crippen LogP contribution >= 0.6 is 23.2 Å². The quantitative estimate of drug-likeness (QED) is 0.285. The molecule has 180 valence electrons. The van der Waals surface area contributed by atoms with Gasteiger partial charge in [0.15, 0.2) is 11.5 Å². The SMILES string of the molecule is CCOc1cc(/C=N\N2C(=O)[C@@H]3[C@H]4C=C[C@@H]([C@@H]5C[C@H]45)[C@@H]3C2=O)cc(Cl)c1OCc1ccc(Cl)cc1. The number of hydrogen-bond donors (Lipinski definition) is 0. The Morgan fingerprint density at radius 1 is 1.00 bits per heavy atom. The van der Waals surface area contributed by atoms with Crippen molar-refractivity contribution in [2.24, 2.45) is 40.6 Å². The van der Waals surface area contributed by atoms with Crippen LogP contribution in [0.1, 0.15) is 24.5 Å². The van der Waals surface area contributed by atoms with Crippen molar-refractivity contribution in [3.63, 3.8) is 0 Å². The number of benzene rings is 2. The number of ether oxygens (including phenoxy) is 2. The molecule has 2 bridgehead atoms. The highest BCUT2D eigenvalue weighted by atomic mass is 35.5. The normalized spacial score (nSPS) is 30.1. The summed E-state index contributed by atoms with van der Waals surface area (Å²) in [5, 5.41) is 6.37. The molecule has 0 radical (unpaired) electrons. The first-order valence-corrected chi connectivity index (χ1v) is 12.7. The van der Waals surface area contributed by atoms with Gasteiger partial charge in [0.25, 0.3) is 11.8 Å². The third-order valence-electron chi connectivity index (χ3n) is 7.59. The smallest absolute Gasteiger partial charge is 0.254 e. The summed E-state index contributed by atoms with van der Waals surface area (Å²) in [6.45, 7) is 2.58. The van der Waals surface area contributed by atoms with Crippen LogP contribution < -0.4 is 9.47 Å². The van der Waals surface area contributed by atoms with Crippen LogP contribution in [0.25, 0.3) is 0 Å². The third kappa shape index (κ3) is 3.83. The third-order valence-corrected chi connectivity index (χ3v) is 8.12. The maximum absolute atomic E-state index is 13.1. The van der Waals surface area contributed by atoms with E-state index < -0.39 is 0 Å². The molecule has 2 saturated carbocycles. The lowest BCUT2D eigenvalue weighted by Crippen LogP contribution is -2.40. The molecule has 0 aromatic heterocycles. The highest BCUT2D eigenvalue weighted by Crippen LogP contribution is 2.65. The lowest BCUT2D eigenvalue weighted by molar-refractivity contribution is -0.140. The molecule has 8 heteroatoms. The van der Waals surface area contributed by atoms with E-state index in [0.29, 0.717) is 52.2 Å². The number of rotatable bonds is 7. The number of nitrogens with zero attached hydrogens (tertiary/aromatic N) is 2. The largest absolute Gasteiger partial charge is 0.490 e. The van der Waals surface area contributed by atoms with Crippen molar-refractivity contribution in [3.8, 4) is 11.5 Å². The molecular weight excluding hydrogens is 487 g/mol. The van der Waals surface area contributed by atoms with Crippen LogP contribution in [-0.2, 0) is 16.2 Å². The molecule has 1 heterocycles. The van der Waals surface area contributed by atoms with Gasteiger partial charge in [0, 0.05) is 5.02 Å². The van der Waals surface area contributed by atoms with Crippen LogP contribution in [0.15, 0.2) is 53.7 Å². The van der Waals surface area contributed by atoms with Crippen molar-refractivity contribution in [3.05, 3.63) is 69.7 Å². The van der Waals surface area contributed by atoms with Gasteiger partial charge in [-0.3, -0.25) is 9.59 Å². The van der Waals surface area contributed by atoms with E-state index in [1.165, 1.54) is 6.21 Å². The molecule has 2 aromatic rings. The van der Waals surface area contributed by atoms with Crippen LogP contribution in [0.4, 0.5) is 0 Å². The number of allylic oxidation sites excluding steroid dienone is 2. The van der Waals surface area contributed by atoms with Crippen LogP contribution in [-0.4, -0.2) is 29.6 Å². The molecular formula is C27H24Cl2N2O4. The van der Waals surface area contributed by atoms with Crippen molar-refractivity contribution in [1.29, 1.82) is 0 Å². The summed E-state index contributed by atoms with van der Waals surface area (Å²) in [5.74, 6) is 1.40. The van der Waals surface area contributed by atoms with Gasteiger partial charge in [-0.2, -0.15) is 10.1 Å². The van der Waals surface area contributed by atoms with E-state index in [-0.39, 0.29) is 35.5 Å². The maximum Gasteiger partial charge on any atom is 0.254 e. The van der Waals surface area contributed by atoms with Gasteiger partial charge in [-0.1, -0.05) is 47.5 Å². The van der Waals surface area contributed by atoms with E-state index >= 15 is 0 Å². The molecule has 7 rings (SSSR count). The second-order valence-electron chi connectivity index (χ2n) is 9.57. The Kier molecular flexibility index (Phi) is 5.61. The van der Waals surface area contributed by atoms with Crippen molar-refractivity contribution in [1.82, 2.24) is 5.01 Å². The number of carbonyl (C=O) groups is 2. The van der Waals surface area contributed by atoms with Gasteiger partial charge in [-0.15, -0.1) is 0 Å². The van der Waals surface area contributed by atoms with Crippen LogP contribution in [0.3, 0.4) is 0 Å². The number of hydrogen-bond acceptors (Lipinski definition) is 5. The molecule has 35 heavy (non-hydrogen) atoms. The number of imide groups is 1. The first kappa shape index (κ1) is 22.6. The molecule has 5 aliphatic rings. The highest BCUT2D eigenvalue weighted by molar-refractivity contribution is 6.32. The highest BCUT2D eigenvalue weighted by Gasteiger charge is 2.67. The first-order valence-electron chi connectivity index (χ1n) is 11.9. The Bertz CT molecular complexity index is 1220. The van der Waals surface area contributed by atoms with E-state index in [2.05, 4.69) is 17.3 Å². The van der Waals surface area contributed by atoms with Gasteiger partial charge in [0.2, 0.25) is 0 Å². The number of carbonyl (C=O) groups excluding carboxylic acids is 2. The molecule has 3 fully saturated rings. The summed E-state index contributed by atoms with van der Waals surface area (Å²) in [4.78, 5) is 26.3. The zero-order valence-corrected chi connectivity index (χ0v) is 20.6. The average molecular weight is 511 g/mol. The molecule has 2 amide bonds. The fourth-order valence-electron chi connectivity index (χ4n) is 5.98. The van der Waals surface area contributed by atoms with Crippen molar-refractivity contribution >= 4 is 41.2 Å². The minimum Gasteiger partial charge on any atom is -0.490 e. The van der Waals surface area contributed by atoms with Gasteiger partial charge < -0.3 is 9.47 Å². The van der Waals surface area contributed by atoms with E-state index in [1.54, 1.807) is 24.3 Å². The predicted octanol–water partition coefficient (Wildman–Crippen LogP) is 5.36. The Morgan fingerprint density at radius 3 is 2.29 bits per heavy atom. The van der Waals surface area contributed by atoms with E-state index in [1.807, 2.05) is 19.1 Å². The lowest BCUT2D eigenvalue weighted by atomic mass is 9.63. The number of halogens is 2. The van der Waals surface area contributed by atoms with Crippen LogP contribution in [0, 0.1) is 35.5 Å². The maximum atomic E-state index is 13.1. The summed E-state index contributed by atoms with van der Waals surface area (Å²) >= 11 is 12.5. The van der Waals surface area contributed by atoms with Gasteiger partial charge in [0.1, 0.15) is 6.61 Å². The molecule has 1 aliphatic heterocycles. The van der Waals surface area contributed by atoms with Gasteiger partial charge in [-0.25, -0.2) is 0 Å². The van der Waals surface area contributed by atoms with Crippen molar-refractivity contribution in [2.45, 2.75) is 20.0 Å². The number of amides is 2. The predicted molar refractivity (Wildman–Crippen MR) is 133 cm³/mol. The van der Waals surface area contributed by atoms with Gasteiger partial charge >= 0.3 is 0 Å². The molecule has 1 saturated heterocycles. The minimum absolute atomic E-state index is 0.169. The average Bonchev–Trinajstić information content (AvgIpc) is 3.63. The van der Waals surface area contributed by atoms with Crippen LogP contribution in [0.5, 0.6) is 11.5 Å². The first-order chi connectivity index (χ1) is 17.0. The fraction of sp³-hybridized carbons (Fsp3) is 0.370. The Labute approximate surface area is 213 Å². The fourth-order valence-corrected chi connectivity index (χ4v) is 6.38. The molecule has 2 aromatic carbocycles. The van der Waals surface area contributed by atoms with Gasteiger partial charge in [-0.05, 0) is 72.4 Å². The topological polar surface area (TPSA) is 68.2 Å². The Morgan fingerprint density at radius 2 is 1.66 bits per heavy atom. The van der Waals surface area contributed by atoms with Crippen LogP contribution in [0.2, 0.25) is 10.0 Å². The Hall–Kier alpha value is -2.83. The monoisotopic (exact) mass is 510 g/mol. The summed E-state index contributed by atoms with van der Waals surface area (Å²) < 4.78 is 11.7. The second-order valence-corrected chi connectivity index (χ2v) is 10.4. The second kappa shape index (κ2) is 8.68. The molecule has 0 unspecified atom stereocenters. The molecule has 6 atom stereocenters. The number of hydrazone groups is 1. The minimum atomic E-state index is -0.274. The molecule has 4 aliphatic carbocycles. The standard InChI is InChI=1S/C27H24Cl2N2O4/c1-2-34-22-10-15(9-21(29)25(22)35-13-14-3-5-16(28)6-4-14)12-30-31-26(32)23-17-7-8-18(20-11-19(17)20)24(23)27(31)33/h3-10,12,17-20,23-24H,2,11,13H2,1H3/b30-12-/t17-,18-,19-,20+,23-,24+/m0/s1. The molecule has 0 N–H and O–H groups in total. The van der Waals surface area contributed by atoms with E-state index in [4.69, 9.17) is 32.7 Å². The van der Waals surface area contributed by atoms with Crippen molar-refractivity contribution in [2.75, 3.05) is 6.61 Å².